The summed E-state index contributed by atoms with van der Waals surface area (Å²) in [6.07, 6.45) is 4.39. The van der Waals surface area contributed by atoms with E-state index < -0.39 is 5.60 Å². The molecule has 37 heavy (non-hydrogen) atoms. The Hall–Kier alpha value is -4.50. The predicted octanol–water partition coefficient (Wildman–Crippen LogP) is 8.18. The Morgan fingerprint density at radius 3 is 1.86 bits per heavy atom. The molecule has 3 heteroatoms. The van der Waals surface area contributed by atoms with Gasteiger partial charge in [-0.15, -0.1) is 0 Å². The van der Waals surface area contributed by atoms with Gasteiger partial charge in [0.05, 0.1) is 14.2 Å². The smallest absolute Gasteiger partial charge is 0.178 e. The maximum absolute atomic E-state index is 7.17. The van der Waals surface area contributed by atoms with Gasteiger partial charge < -0.3 is 14.2 Å². The summed E-state index contributed by atoms with van der Waals surface area (Å²) in [5, 5.41) is 2.23. The average Bonchev–Trinajstić information content (AvgIpc) is 2.97. The molecule has 1 aliphatic rings. The molecule has 5 aromatic carbocycles. The van der Waals surface area contributed by atoms with Crippen molar-refractivity contribution >= 4 is 16.8 Å². The predicted molar refractivity (Wildman–Crippen MR) is 151 cm³/mol. The Morgan fingerprint density at radius 1 is 0.676 bits per heavy atom. The molecule has 0 spiro atoms. The van der Waals surface area contributed by atoms with Gasteiger partial charge in [0, 0.05) is 22.1 Å². The number of hydrogen-bond acceptors (Lipinski definition) is 3. The normalized spacial score (nSPS) is 13.6. The zero-order valence-corrected chi connectivity index (χ0v) is 21.2. The Bertz CT molecular complexity index is 1550. The summed E-state index contributed by atoms with van der Waals surface area (Å²) in [7, 11) is 3.36. The maximum atomic E-state index is 7.17. The van der Waals surface area contributed by atoms with Crippen molar-refractivity contribution in [3.05, 3.63) is 131 Å². The van der Waals surface area contributed by atoms with E-state index in [0.29, 0.717) is 0 Å². The second-order valence-electron chi connectivity index (χ2n) is 9.38. The van der Waals surface area contributed by atoms with Gasteiger partial charge in [0.2, 0.25) is 0 Å². The van der Waals surface area contributed by atoms with E-state index in [4.69, 9.17) is 14.2 Å². The molecule has 182 valence electrons. The molecular formula is C34H28O3. The zero-order chi connectivity index (χ0) is 25.4. The Labute approximate surface area is 217 Å². The Kier molecular flexibility index (Phi) is 5.69. The number of fused-ring (bicyclic) bond motifs is 3. The van der Waals surface area contributed by atoms with E-state index >= 15 is 0 Å². The zero-order valence-electron chi connectivity index (χ0n) is 21.2. The second-order valence-corrected chi connectivity index (χ2v) is 9.38. The molecule has 0 radical (unpaired) electrons. The first kappa shape index (κ1) is 22.9. The summed E-state index contributed by atoms with van der Waals surface area (Å²) < 4.78 is 18.0. The number of rotatable bonds is 5. The largest absolute Gasteiger partial charge is 0.497 e. The van der Waals surface area contributed by atoms with E-state index in [1.165, 1.54) is 11.1 Å². The van der Waals surface area contributed by atoms with Crippen molar-refractivity contribution in [3.63, 3.8) is 0 Å². The van der Waals surface area contributed by atoms with E-state index in [2.05, 4.69) is 97.9 Å². The topological polar surface area (TPSA) is 27.7 Å². The first-order valence-corrected chi connectivity index (χ1v) is 12.4. The molecule has 6 rings (SSSR count). The van der Waals surface area contributed by atoms with Crippen LogP contribution in [0.2, 0.25) is 0 Å². The molecule has 1 heterocycles. The van der Waals surface area contributed by atoms with Crippen LogP contribution in [0.25, 0.3) is 28.0 Å². The lowest BCUT2D eigenvalue weighted by Gasteiger charge is -2.37. The highest BCUT2D eigenvalue weighted by molar-refractivity contribution is 5.99. The Balaban J connectivity index is 1.60. The third-order valence-corrected chi connectivity index (χ3v) is 7.19. The van der Waals surface area contributed by atoms with Gasteiger partial charge in [0.1, 0.15) is 17.2 Å². The molecule has 5 aromatic rings. The van der Waals surface area contributed by atoms with Crippen molar-refractivity contribution in [2.45, 2.75) is 12.5 Å². The lowest BCUT2D eigenvalue weighted by Crippen LogP contribution is -2.34. The maximum Gasteiger partial charge on any atom is 0.178 e. The number of aryl methyl sites for hydroxylation is 1. The van der Waals surface area contributed by atoms with Crippen LogP contribution >= 0.6 is 0 Å². The highest BCUT2D eigenvalue weighted by Crippen LogP contribution is 2.48. The minimum Gasteiger partial charge on any atom is -0.497 e. The summed E-state index contributed by atoms with van der Waals surface area (Å²) in [5.41, 5.74) is 5.87. The highest BCUT2D eigenvalue weighted by atomic mass is 16.5. The fraction of sp³-hybridized carbons (Fsp3) is 0.118. The number of benzene rings is 5. The van der Waals surface area contributed by atoms with E-state index in [0.717, 1.165) is 50.3 Å². The van der Waals surface area contributed by atoms with Gasteiger partial charge in [-0.2, -0.15) is 0 Å². The van der Waals surface area contributed by atoms with Crippen molar-refractivity contribution in [1.29, 1.82) is 0 Å². The van der Waals surface area contributed by atoms with Crippen molar-refractivity contribution in [1.82, 2.24) is 0 Å². The fourth-order valence-electron chi connectivity index (χ4n) is 5.13. The molecular weight excluding hydrogens is 456 g/mol. The molecule has 0 fully saturated rings. The molecule has 0 saturated carbocycles. The molecule has 0 atom stereocenters. The van der Waals surface area contributed by atoms with Crippen molar-refractivity contribution in [2.24, 2.45) is 0 Å². The standard InChI is InChI=1S/C34H28O3/c1-23-8-10-24(11-9-23)32-22-25-6-4-5-7-30(25)33-31(32)20-21-34(37-33,26-12-16-28(35-2)17-13-26)27-14-18-29(36-3)19-15-27/h4-22H,1-3H3. The monoisotopic (exact) mass is 484 g/mol. The van der Waals surface area contributed by atoms with Crippen molar-refractivity contribution in [3.8, 4) is 28.4 Å². The third-order valence-electron chi connectivity index (χ3n) is 7.19. The van der Waals surface area contributed by atoms with Gasteiger partial charge >= 0.3 is 0 Å². The average molecular weight is 485 g/mol. The molecule has 0 bridgehead atoms. The van der Waals surface area contributed by atoms with Gasteiger partial charge in [-0.05, 0) is 65.9 Å². The van der Waals surface area contributed by atoms with E-state index in [-0.39, 0.29) is 0 Å². The molecule has 0 aromatic heterocycles. The van der Waals surface area contributed by atoms with Crippen LogP contribution < -0.4 is 14.2 Å². The van der Waals surface area contributed by atoms with Crippen molar-refractivity contribution < 1.29 is 14.2 Å². The minimum atomic E-state index is -0.819. The summed E-state index contributed by atoms with van der Waals surface area (Å²) in [6, 6.07) is 35.6. The molecule has 0 saturated heterocycles. The lowest BCUT2D eigenvalue weighted by molar-refractivity contribution is 0.163. The molecule has 0 unspecified atom stereocenters. The Morgan fingerprint density at radius 2 is 1.27 bits per heavy atom. The van der Waals surface area contributed by atoms with Gasteiger partial charge in [0.25, 0.3) is 0 Å². The summed E-state index contributed by atoms with van der Waals surface area (Å²) in [5.74, 6) is 2.49. The van der Waals surface area contributed by atoms with Crippen LogP contribution in [0.1, 0.15) is 22.3 Å². The van der Waals surface area contributed by atoms with Gasteiger partial charge in [-0.1, -0.05) is 78.4 Å². The fourth-order valence-corrected chi connectivity index (χ4v) is 5.13. The number of methoxy groups -OCH3 is 2. The summed E-state index contributed by atoms with van der Waals surface area (Å²) >= 11 is 0. The van der Waals surface area contributed by atoms with Crippen LogP contribution in [0.15, 0.2) is 109 Å². The van der Waals surface area contributed by atoms with E-state index in [9.17, 15) is 0 Å². The van der Waals surface area contributed by atoms with Crippen molar-refractivity contribution in [2.75, 3.05) is 14.2 Å². The third kappa shape index (κ3) is 3.93. The van der Waals surface area contributed by atoms with Crippen LogP contribution in [-0.4, -0.2) is 14.2 Å². The summed E-state index contributed by atoms with van der Waals surface area (Å²) in [4.78, 5) is 0. The first-order chi connectivity index (χ1) is 18.1. The molecule has 0 N–H and O–H groups in total. The number of hydrogen-bond donors (Lipinski definition) is 0. The molecule has 3 nitrogen and oxygen atoms in total. The van der Waals surface area contributed by atoms with Crippen LogP contribution in [0.4, 0.5) is 0 Å². The van der Waals surface area contributed by atoms with E-state index in [1.54, 1.807) is 14.2 Å². The van der Waals surface area contributed by atoms with Crippen LogP contribution in [0.3, 0.4) is 0 Å². The minimum absolute atomic E-state index is 0.806. The lowest BCUT2D eigenvalue weighted by atomic mass is 9.82. The van der Waals surface area contributed by atoms with Gasteiger partial charge in [0.15, 0.2) is 5.60 Å². The van der Waals surface area contributed by atoms with Gasteiger partial charge in [-0.3, -0.25) is 0 Å². The molecule has 1 aliphatic heterocycles. The SMILES string of the molecule is COc1ccc(C2(c3ccc(OC)cc3)C=Cc3c(-c4ccc(C)cc4)cc4ccccc4c3O2)cc1. The quantitative estimate of drug-likeness (QED) is 0.252. The molecule has 0 amide bonds. The van der Waals surface area contributed by atoms with Crippen LogP contribution in [-0.2, 0) is 5.60 Å². The van der Waals surface area contributed by atoms with E-state index in [1.807, 2.05) is 24.3 Å². The van der Waals surface area contributed by atoms with Crippen LogP contribution in [0, 0.1) is 6.92 Å². The first-order valence-electron chi connectivity index (χ1n) is 12.4. The molecule has 0 aliphatic carbocycles. The highest BCUT2D eigenvalue weighted by Gasteiger charge is 2.38. The van der Waals surface area contributed by atoms with Crippen LogP contribution in [0.5, 0.6) is 17.2 Å². The van der Waals surface area contributed by atoms with Gasteiger partial charge in [-0.25, -0.2) is 0 Å². The second kappa shape index (κ2) is 9.18. The number of ether oxygens (including phenoxy) is 3. The summed E-state index contributed by atoms with van der Waals surface area (Å²) in [6.45, 7) is 2.11.